The molecule has 1 aromatic carbocycles. The first kappa shape index (κ1) is 15.3. The van der Waals surface area contributed by atoms with E-state index in [0.29, 0.717) is 25.1 Å². The number of hydrogen-bond acceptors (Lipinski definition) is 4. The van der Waals surface area contributed by atoms with Gasteiger partial charge in [0.05, 0.1) is 17.7 Å². The zero-order valence-electron chi connectivity index (χ0n) is 12.3. The van der Waals surface area contributed by atoms with Gasteiger partial charge in [-0.15, -0.1) is 0 Å². The molecule has 1 fully saturated rings. The molecule has 0 unspecified atom stereocenters. The molecule has 5 heteroatoms. The van der Waals surface area contributed by atoms with Gasteiger partial charge in [0.15, 0.2) is 0 Å². The minimum absolute atomic E-state index is 0.0364. The molecule has 1 heterocycles. The second-order valence-electron chi connectivity index (χ2n) is 5.29. The van der Waals surface area contributed by atoms with Crippen molar-refractivity contribution in [3.05, 3.63) is 29.8 Å². The number of nitriles is 1. The van der Waals surface area contributed by atoms with Crippen LogP contribution in [0.3, 0.4) is 0 Å². The lowest BCUT2D eigenvalue weighted by atomic mass is 10.1. The zero-order chi connectivity index (χ0) is 15.2. The van der Waals surface area contributed by atoms with E-state index in [9.17, 15) is 4.79 Å². The van der Waals surface area contributed by atoms with Crippen LogP contribution in [0.25, 0.3) is 0 Å². The maximum atomic E-state index is 12.0. The molecule has 0 aliphatic carbocycles. The Kier molecular flexibility index (Phi) is 5.18. The van der Waals surface area contributed by atoms with Crippen molar-refractivity contribution >= 4 is 5.91 Å². The van der Waals surface area contributed by atoms with Gasteiger partial charge in [0.2, 0.25) is 5.91 Å². The molecule has 0 saturated carbocycles. The van der Waals surface area contributed by atoms with Crippen LogP contribution in [0.15, 0.2) is 24.3 Å². The highest BCUT2D eigenvalue weighted by Crippen LogP contribution is 2.20. The summed E-state index contributed by atoms with van der Waals surface area (Å²) in [5, 5.41) is 8.76. The summed E-state index contributed by atoms with van der Waals surface area (Å²) in [5.74, 6) is 0.804. The van der Waals surface area contributed by atoms with Gasteiger partial charge in [0.25, 0.3) is 0 Å². The zero-order valence-corrected chi connectivity index (χ0v) is 12.3. The van der Waals surface area contributed by atoms with E-state index in [4.69, 9.17) is 15.7 Å². The fourth-order valence-corrected chi connectivity index (χ4v) is 2.40. The lowest BCUT2D eigenvalue weighted by Gasteiger charge is -2.33. The first-order valence-corrected chi connectivity index (χ1v) is 7.35. The molecule has 2 N–H and O–H groups in total. The van der Waals surface area contributed by atoms with Gasteiger partial charge in [-0.05, 0) is 30.7 Å². The van der Waals surface area contributed by atoms with Gasteiger partial charge in [-0.3, -0.25) is 4.79 Å². The van der Waals surface area contributed by atoms with E-state index >= 15 is 0 Å². The Morgan fingerprint density at radius 2 is 2.05 bits per heavy atom. The van der Waals surface area contributed by atoms with Crippen molar-refractivity contribution < 1.29 is 9.53 Å². The lowest BCUT2D eigenvalue weighted by molar-refractivity contribution is -0.134. The summed E-state index contributed by atoms with van der Waals surface area (Å²) in [5.41, 5.74) is 6.41. The third-order valence-electron chi connectivity index (χ3n) is 3.80. The topological polar surface area (TPSA) is 79.3 Å². The van der Waals surface area contributed by atoms with Crippen LogP contribution in [0.4, 0.5) is 0 Å². The molecule has 112 valence electrons. The van der Waals surface area contributed by atoms with E-state index < -0.39 is 0 Å². The number of ether oxygens (including phenoxy) is 1. The molecule has 1 saturated heterocycles. The van der Waals surface area contributed by atoms with Gasteiger partial charge in [-0.2, -0.15) is 5.26 Å². The summed E-state index contributed by atoms with van der Waals surface area (Å²) >= 11 is 0. The maximum Gasteiger partial charge on any atom is 0.239 e. The molecule has 1 amide bonds. The summed E-state index contributed by atoms with van der Waals surface area (Å²) in [6, 6.07) is 8.80. The van der Waals surface area contributed by atoms with E-state index in [-0.39, 0.29) is 18.1 Å². The van der Waals surface area contributed by atoms with Crippen molar-refractivity contribution in [2.24, 2.45) is 5.73 Å². The Morgan fingerprint density at radius 1 is 1.43 bits per heavy atom. The van der Waals surface area contributed by atoms with Crippen LogP contribution in [0.5, 0.6) is 5.75 Å². The van der Waals surface area contributed by atoms with Crippen LogP contribution in [-0.2, 0) is 4.79 Å². The van der Waals surface area contributed by atoms with Crippen LogP contribution in [-0.4, -0.2) is 36.0 Å². The summed E-state index contributed by atoms with van der Waals surface area (Å²) in [7, 11) is 0. The van der Waals surface area contributed by atoms with Gasteiger partial charge in [-0.25, -0.2) is 0 Å². The molecule has 1 aliphatic rings. The summed E-state index contributed by atoms with van der Waals surface area (Å²) in [4.78, 5) is 13.8. The predicted molar refractivity (Wildman–Crippen MR) is 79.7 cm³/mol. The minimum atomic E-state index is -0.388. The number of nitrogens with zero attached hydrogens (tertiary/aromatic N) is 2. The van der Waals surface area contributed by atoms with Gasteiger partial charge < -0.3 is 15.4 Å². The van der Waals surface area contributed by atoms with Crippen LogP contribution in [0, 0.1) is 11.3 Å². The lowest BCUT2D eigenvalue weighted by Crippen LogP contribution is -2.48. The van der Waals surface area contributed by atoms with Crippen molar-refractivity contribution in [2.75, 3.05) is 13.1 Å². The highest BCUT2D eigenvalue weighted by molar-refractivity contribution is 5.81. The van der Waals surface area contributed by atoms with Crippen molar-refractivity contribution in [3.63, 3.8) is 0 Å². The first-order valence-electron chi connectivity index (χ1n) is 7.35. The molecule has 1 atom stereocenters. The normalized spacial score (nSPS) is 17.1. The van der Waals surface area contributed by atoms with Crippen molar-refractivity contribution in [3.8, 4) is 11.8 Å². The molecule has 2 rings (SSSR count). The summed E-state index contributed by atoms with van der Waals surface area (Å²) < 4.78 is 5.89. The van der Waals surface area contributed by atoms with Gasteiger partial charge in [0.1, 0.15) is 11.9 Å². The molecule has 0 spiro atoms. The van der Waals surface area contributed by atoms with Gasteiger partial charge in [0, 0.05) is 25.9 Å². The second-order valence-corrected chi connectivity index (χ2v) is 5.29. The maximum absolute atomic E-state index is 12.0. The van der Waals surface area contributed by atoms with Crippen LogP contribution >= 0.6 is 0 Å². The van der Waals surface area contributed by atoms with Crippen molar-refractivity contribution in [2.45, 2.75) is 38.3 Å². The van der Waals surface area contributed by atoms with Gasteiger partial charge in [-0.1, -0.05) is 6.92 Å². The largest absolute Gasteiger partial charge is 0.490 e. The molecule has 21 heavy (non-hydrogen) atoms. The number of rotatable bonds is 4. The quantitative estimate of drug-likeness (QED) is 0.913. The molecule has 0 aromatic heterocycles. The summed E-state index contributed by atoms with van der Waals surface area (Å²) in [6.07, 6.45) is 2.39. The van der Waals surface area contributed by atoms with Crippen molar-refractivity contribution in [1.82, 2.24) is 4.90 Å². The highest BCUT2D eigenvalue weighted by atomic mass is 16.5. The molecule has 1 aliphatic heterocycles. The predicted octanol–water partition coefficient (Wildman–Crippen LogP) is 1.67. The molecule has 5 nitrogen and oxygen atoms in total. The fraction of sp³-hybridized carbons (Fsp3) is 0.500. The van der Waals surface area contributed by atoms with Crippen LogP contribution in [0.2, 0.25) is 0 Å². The Labute approximate surface area is 125 Å². The molecule has 0 radical (unpaired) electrons. The Hall–Kier alpha value is -2.06. The van der Waals surface area contributed by atoms with E-state index in [2.05, 4.69) is 6.07 Å². The number of piperidine rings is 1. The van der Waals surface area contributed by atoms with Crippen LogP contribution < -0.4 is 10.5 Å². The number of carbonyl (C=O) groups is 1. The SMILES string of the molecule is CC[C@H](N)C(=O)N1CCC(Oc2ccc(C#N)cc2)CC1. The highest BCUT2D eigenvalue weighted by Gasteiger charge is 2.26. The van der Waals surface area contributed by atoms with E-state index in [1.165, 1.54) is 0 Å². The third-order valence-corrected chi connectivity index (χ3v) is 3.80. The van der Waals surface area contributed by atoms with Crippen LogP contribution in [0.1, 0.15) is 31.7 Å². The first-order chi connectivity index (χ1) is 10.1. The third kappa shape index (κ3) is 3.96. The fourth-order valence-electron chi connectivity index (χ4n) is 2.40. The number of likely N-dealkylation sites (tertiary alicyclic amines) is 1. The average Bonchev–Trinajstić information content (AvgIpc) is 2.55. The Morgan fingerprint density at radius 3 is 2.57 bits per heavy atom. The number of nitrogens with two attached hydrogens (primary N) is 1. The standard InChI is InChI=1S/C16H21N3O2/c1-2-15(18)16(20)19-9-7-14(8-10-19)21-13-5-3-12(11-17)4-6-13/h3-6,14-15H,2,7-10,18H2,1H3/t15-/m0/s1. The molecule has 0 bridgehead atoms. The van der Waals surface area contributed by atoms with E-state index in [1.807, 2.05) is 24.0 Å². The molecule has 1 aromatic rings. The molecular formula is C16H21N3O2. The van der Waals surface area contributed by atoms with Gasteiger partial charge >= 0.3 is 0 Å². The Balaban J connectivity index is 1.84. The van der Waals surface area contributed by atoms with E-state index in [1.54, 1.807) is 12.1 Å². The number of hydrogen-bond donors (Lipinski definition) is 1. The molecular weight excluding hydrogens is 266 g/mol. The monoisotopic (exact) mass is 287 g/mol. The van der Waals surface area contributed by atoms with E-state index in [0.717, 1.165) is 18.6 Å². The number of benzene rings is 1. The summed E-state index contributed by atoms with van der Waals surface area (Å²) in [6.45, 7) is 3.30. The Bertz CT molecular complexity index is 513. The smallest absolute Gasteiger partial charge is 0.239 e. The number of carbonyl (C=O) groups excluding carboxylic acids is 1. The average molecular weight is 287 g/mol. The number of amides is 1. The minimum Gasteiger partial charge on any atom is -0.490 e. The van der Waals surface area contributed by atoms with Crippen molar-refractivity contribution in [1.29, 1.82) is 5.26 Å². The second kappa shape index (κ2) is 7.09.